The molecular weight excluding hydrogens is 480 g/mol. The number of amides is 1. The van der Waals surface area contributed by atoms with Crippen LogP contribution >= 0.6 is 27.7 Å². The van der Waals surface area contributed by atoms with E-state index in [4.69, 9.17) is 4.74 Å². The molecule has 0 unspecified atom stereocenters. The highest BCUT2D eigenvalue weighted by Gasteiger charge is 2.09. The summed E-state index contributed by atoms with van der Waals surface area (Å²) in [7, 11) is 1.83. The van der Waals surface area contributed by atoms with Gasteiger partial charge in [0.05, 0.1) is 0 Å². The fourth-order valence-corrected chi connectivity index (χ4v) is 3.93. The molecule has 0 aliphatic carbocycles. The summed E-state index contributed by atoms with van der Waals surface area (Å²) in [4.78, 5) is 12.2. The summed E-state index contributed by atoms with van der Waals surface area (Å²) in [5.74, 6) is 1.41. The highest BCUT2D eigenvalue weighted by Crippen LogP contribution is 2.23. The van der Waals surface area contributed by atoms with Crippen LogP contribution in [0.5, 0.6) is 5.75 Å². The van der Waals surface area contributed by atoms with E-state index in [1.807, 2.05) is 56.4 Å². The molecular formula is C21H25BrN6O2S. The average molecular weight is 505 g/mol. The zero-order valence-electron chi connectivity index (χ0n) is 17.5. The third kappa shape index (κ3) is 7.64. The number of tetrazole rings is 1. The van der Waals surface area contributed by atoms with E-state index in [-0.39, 0.29) is 12.5 Å². The van der Waals surface area contributed by atoms with Crippen LogP contribution in [0, 0.1) is 6.92 Å². The first-order valence-corrected chi connectivity index (χ1v) is 11.6. The highest BCUT2D eigenvalue weighted by atomic mass is 79.9. The number of benzene rings is 2. The number of aryl methyl sites for hydroxylation is 2. The van der Waals surface area contributed by atoms with Crippen LogP contribution in [0.2, 0.25) is 0 Å². The number of carbonyl (C=O) groups excluding carboxylic acids is 1. The van der Waals surface area contributed by atoms with Crippen LogP contribution in [-0.4, -0.2) is 45.0 Å². The Morgan fingerprint density at radius 1 is 1.23 bits per heavy atom. The summed E-state index contributed by atoms with van der Waals surface area (Å²) in [6.07, 6.45) is 0.973. The summed E-state index contributed by atoms with van der Waals surface area (Å²) in [6.45, 7) is 3.44. The van der Waals surface area contributed by atoms with Crippen molar-refractivity contribution < 1.29 is 9.53 Å². The Morgan fingerprint density at radius 2 is 2.03 bits per heavy atom. The van der Waals surface area contributed by atoms with Crippen LogP contribution in [0.25, 0.3) is 0 Å². The van der Waals surface area contributed by atoms with Crippen LogP contribution < -0.4 is 15.4 Å². The van der Waals surface area contributed by atoms with Gasteiger partial charge in [-0.15, -0.1) is 5.10 Å². The van der Waals surface area contributed by atoms with Crippen LogP contribution in [0.3, 0.4) is 0 Å². The molecule has 0 fully saturated rings. The van der Waals surface area contributed by atoms with Crippen molar-refractivity contribution in [1.29, 1.82) is 0 Å². The van der Waals surface area contributed by atoms with E-state index in [0.29, 0.717) is 12.3 Å². The van der Waals surface area contributed by atoms with Gasteiger partial charge >= 0.3 is 0 Å². The highest BCUT2D eigenvalue weighted by molar-refractivity contribution is 9.10. The van der Waals surface area contributed by atoms with Crippen molar-refractivity contribution in [3.63, 3.8) is 0 Å². The maximum Gasteiger partial charge on any atom is 0.262 e. The first-order valence-electron chi connectivity index (χ1n) is 9.85. The Labute approximate surface area is 194 Å². The van der Waals surface area contributed by atoms with Crippen molar-refractivity contribution in [2.75, 3.05) is 24.2 Å². The predicted molar refractivity (Wildman–Crippen MR) is 125 cm³/mol. The molecule has 0 radical (unpaired) electrons. The Bertz CT molecular complexity index is 996. The normalized spacial score (nSPS) is 10.8. The van der Waals surface area contributed by atoms with E-state index in [0.717, 1.165) is 45.2 Å². The van der Waals surface area contributed by atoms with Gasteiger partial charge in [-0.25, -0.2) is 4.68 Å². The molecule has 8 nitrogen and oxygen atoms in total. The first-order chi connectivity index (χ1) is 15.0. The monoisotopic (exact) mass is 504 g/mol. The lowest BCUT2D eigenvalue weighted by atomic mass is 10.2. The number of ether oxygens (including phenoxy) is 1. The third-order valence-corrected chi connectivity index (χ3v) is 5.93. The number of aromatic nitrogens is 4. The number of anilines is 1. The van der Waals surface area contributed by atoms with Gasteiger partial charge in [0, 0.05) is 35.1 Å². The van der Waals surface area contributed by atoms with Gasteiger partial charge in [0.2, 0.25) is 5.16 Å². The number of carbonyl (C=O) groups is 1. The van der Waals surface area contributed by atoms with Gasteiger partial charge in [-0.1, -0.05) is 45.4 Å². The van der Waals surface area contributed by atoms with Crippen LogP contribution in [0.15, 0.2) is 52.1 Å². The minimum absolute atomic E-state index is 0.0507. The molecule has 0 bridgehead atoms. The van der Waals surface area contributed by atoms with Gasteiger partial charge in [0.15, 0.2) is 6.61 Å². The van der Waals surface area contributed by atoms with Gasteiger partial charge in [0.1, 0.15) is 5.75 Å². The van der Waals surface area contributed by atoms with E-state index < -0.39 is 0 Å². The van der Waals surface area contributed by atoms with E-state index in [9.17, 15) is 4.79 Å². The quantitative estimate of drug-likeness (QED) is 0.304. The second kappa shape index (κ2) is 11.8. The number of halogens is 1. The van der Waals surface area contributed by atoms with E-state index in [1.54, 1.807) is 16.4 Å². The molecule has 2 aromatic carbocycles. The van der Waals surface area contributed by atoms with Crippen molar-refractivity contribution in [2.24, 2.45) is 7.05 Å². The molecule has 0 saturated carbocycles. The van der Waals surface area contributed by atoms with Gasteiger partial charge < -0.3 is 15.4 Å². The number of nitrogens with one attached hydrogen (secondary N) is 2. The lowest BCUT2D eigenvalue weighted by Crippen LogP contribution is -2.21. The summed E-state index contributed by atoms with van der Waals surface area (Å²) in [5.41, 5.74) is 2.89. The first kappa shape index (κ1) is 23.2. The molecule has 10 heteroatoms. The molecule has 0 saturated heterocycles. The number of rotatable bonds is 11. The molecule has 3 aromatic rings. The molecule has 1 heterocycles. The van der Waals surface area contributed by atoms with Gasteiger partial charge in [-0.2, -0.15) is 0 Å². The molecule has 0 aliphatic rings. The largest absolute Gasteiger partial charge is 0.483 e. The molecule has 2 N–H and O–H groups in total. The molecule has 3 rings (SSSR count). The lowest BCUT2D eigenvalue weighted by molar-refractivity contribution is -0.118. The molecule has 0 aliphatic heterocycles. The van der Waals surface area contributed by atoms with E-state index >= 15 is 0 Å². The SMILES string of the molecule is Cc1ccc(NC(=O)COc2ccc(Br)cc2CNCCCSc2nnnn2C)cc1. The summed E-state index contributed by atoms with van der Waals surface area (Å²) >= 11 is 5.13. The van der Waals surface area contributed by atoms with Crippen LogP contribution in [0.1, 0.15) is 17.5 Å². The molecule has 31 heavy (non-hydrogen) atoms. The smallest absolute Gasteiger partial charge is 0.262 e. The fourth-order valence-electron chi connectivity index (χ4n) is 2.73. The second-order valence-electron chi connectivity index (χ2n) is 6.92. The van der Waals surface area contributed by atoms with Gasteiger partial charge in [0.25, 0.3) is 5.91 Å². The minimum Gasteiger partial charge on any atom is -0.483 e. The number of thioether (sulfide) groups is 1. The average Bonchev–Trinajstić information content (AvgIpc) is 3.16. The topological polar surface area (TPSA) is 94.0 Å². The lowest BCUT2D eigenvalue weighted by Gasteiger charge is -2.13. The zero-order chi connectivity index (χ0) is 22.1. The van der Waals surface area contributed by atoms with Crippen molar-refractivity contribution in [3.8, 4) is 5.75 Å². The maximum atomic E-state index is 12.2. The number of nitrogens with zero attached hydrogens (tertiary/aromatic N) is 4. The molecule has 0 spiro atoms. The van der Waals surface area contributed by atoms with Crippen molar-refractivity contribution >= 4 is 39.3 Å². The predicted octanol–water partition coefficient (Wildman–Crippen LogP) is 3.57. The molecule has 0 atom stereocenters. The number of hydrogen-bond donors (Lipinski definition) is 2. The molecule has 164 valence electrons. The van der Waals surface area contributed by atoms with Crippen LogP contribution in [-0.2, 0) is 18.4 Å². The fraction of sp³-hybridized carbons (Fsp3) is 0.333. The van der Waals surface area contributed by atoms with Crippen molar-refractivity contribution in [2.45, 2.75) is 25.0 Å². The minimum atomic E-state index is -0.194. The van der Waals surface area contributed by atoms with E-state index in [2.05, 4.69) is 42.1 Å². The summed E-state index contributed by atoms with van der Waals surface area (Å²) < 4.78 is 8.42. The van der Waals surface area contributed by atoms with E-state index in [1.165, 1.54) is 0 Å². The number of hydrogen-bond acceptors (Lipinski definition) is 7. The third-order valence-electron chi connectivity index (χ3n) is 4.34. The molecule has 1 amide bonds. The Balaban J connectivity index is 1.43. The summed E-state index contributed by atoms with van der Waals surface area (Å²) in [5, 5.41) is 18.5. The van der Waals surface area contributed by atoms with Crippen molar-refractivity contribution in [3.05, 3.63) is 58.1 Å². The van der Waals surface area contributed by atoms with Gasteiger partial charge in [-0.05, 0) is 60.6 Å². The molecule has 1 aromatic heterocycles. The van der Waals surface area contributed by atoms with Gasteiger partial charge in [-0.3, -0.25) is 4.79 Å². The zero-order valence-corrected chi connectivity index (χ0v) is 19.9. The standard InChI is InChI=1S/C21H25BrN6O2S/c1-15-4-7-18(8-5-15)24-20(29)14-30-19-9-6-17(22)12-16(19)13-23-10-3-11-31-21-25-26-27-28(21)2/h4-9,12,23H,3,10-11,13-14H2,1-2H3,(H,24,29). The Hall–Kier alpha value is -2.43. The second-order valence-corrected chi connectivity index (χ2v) is 8.90. The Kier molecular flexibility index (Phi) is 8.86. The summed E-state index contributed by atoms with van der Waals surface area (Å²) in [6, 6.07) is 13.4. The van der Waals surface area contributed by atoms with Crippen LogP contribution in [0.4, 0.5) is 5.69 Å². The maximum absolute atomic E-state index is 12.2. The Morgan fingerprint density at radius 3 is 2.77 bits per heavy atom. The van der Waals surface area contributed by atoms with Crippen molar-refractivity contribution in [1.82, 2.24) is 25.5 Å².